The predicted molar refractivity (Wildman–Crippen MR) is 95.4 cm³/mol. The Morgan fingerprint density at radius 2 is 1.75 bits per heavy atom. The lowest BCUT2D eigenvalue weighted by atomic mass is 10.1. The van der Waals surface area contributed by atoms with Crippen LogP contribution in [0.15, 0.2) is 60.7 Å². The van der Waals surface area contributed by atoms with E-state index < -0.39 is 0 Å². The zero-order valence-electron chi connectivity index (χ0n) is 13.3. The molecule has 5 heteroatoms. The van der Waals surface area contributed by atoms with Crippen LogP contribution in [0, 0.1) is 6.92 Å². The average Bonchev–Trinajstić information content (AvgIpc) is 3.02. The summed E-state index contributed by atoms with van der Waals surface area (Å²) < 4.78 is 0. The van der Waals surface area contributed by atoms with E-state index in [0.717, 1.165) is 40.5 Å². The van der Waals surface area contributed by atoms with E-state index in [1.807, 2.05) is 55.5 Å². The van der Waals surface area contributed by atoms with Crippen molar-refractivity contribution >= 4 is 22.5 Å². The van der Waals surface area contributed by atoms with Crippen LogP contribution in [0.3, 0.4) is 0 Å². The second kappa shape index (κ2) is 6.12. The first-order valence-corrected chi connectivity index (χ1v) is 7.86. The molecule has 24 heavy (non-hydrogen) atoms. The number of H-pyrrole nitrogens is 1. The van der Waals surface area contributed by atoms with Gasteiger partial charge < -0.3 is 5.32 Å². The average molecular weight is 315 g/mol. The van der Waals surface area contributed by atoms with E-state index >= 15 is 0 Å². The molecule has 0 radical (unpaired) electrons. The maximum atomic E-state index is 4.51. The van der Waals surface area contributed by atoms with Crippen molar-refractivity contribution in [2.24, 2.45) is 0 Å². The number of fused-ring (bicyclic) bond motifs is 1. The molecular formula is C19H17N5. The molecular weight excluding hydrogens is 298 g/mol. The molecule has 4 aromatic rings. The zero-order valence-corrected chi connectivity index (χ0v) is 13.3. The number of nitrogens with zero attached hydrogens (tertiary/aromatic N) is 3. The highest BCUT2D eigenvalue weighted by Gasteiger charge is 2.08. The van der Waals surface area contributed by atoms with Gasteiger partial charge in [0, 0.05) is 23.6 Å². The zero-order chi connectivity index (χ0) is 16.4. The Hall–Kier alpha value is -3.21. The van der Waals surface area contributed by atoms with Crippen molar-refractivity contribution in [3.8, 4) is 0 Å². The molecule has 0 amide bonds. The Morgan fingerprint density at radius 3 is 2.62 bits per heavy atom. The smallest absolute Gasteiger partial charge is 0.153 e. The van der Waals surface area contributed by atoms with Crippen LogP contribution in [0.4, 0.5) is 11.6 Å². The Balaban J connectivity index is 1.60. The molecule has 0 atom stereocenters. The first-order valence-electron chi connectivity index (χ1n) is 7.86. The number of para-hydroxylation sites is 1. The highest BCUT2D eigenvalue weighted by molar-refractivity contribution is 5.90. The van der Waals surface area contributed by atoms with Crippen molar-refractivity contribution in [1.82, 2.24) is 20.2 Å². The molecule has 4 rings (SSSR count). The maximum Gasteiger partial charge on any atom is 0.153 e. The minimum absolute atomic E-state index is 0.733. The third-order valence-corrected chi connectivity index (χ3v) is 3.83. The molecule has 0 spiro atoms. The monoisotopic (exact) mass is 315 g/mol. The Bertz CT molecular complexity index is 975. The number of hydrogen-bond acceptors (Lipinski definition) is 4. The molecule has 2 aromatic heterocycles. The summed E-state index contributed by atoms with van der Waals surface area (Å²) in [6, 6.07) is 20.3. The van der Waals surface area contributed by atoms with Gasteiger partial charge in [-0.2, -0.15) is 5.10 Å². The van der Waals surface area contributed by atoms with Crippen molar-refractivity contribution in [1.29, 1.82) is 0 Å². The maximum absolute atomic E-state index is 4.51. The van der Waals surface area contributed by atoms with Crippen LogP contribution >= 0.6 is 0 Å². The first-order chi connectivity index (χ1) is 11.8. The van der Waals surface area contributed by atoms with E-state index in [1.54, 1.807) is 0 Å². The van der Waals surface area contributed by atoms with Gasteiger partial charge in [0.25, 0.3) is 0 Å². The summed E-state index contributed by atoms with van der Waals surface area (Å²) in [6.07, 6.45) is 0.819. The van der Waals surface area contributed by atoms with Crippen molar-refractivity contribution in [2.75, 3.05) is 5.32 Å². The number of aromatic amines is 1. The highest BCUT2D eigenvalue weighted by Crippen LogP contribution is 2.23. The number of nitrogens with one attached hydrogen (secondary N) is 2. The van der Waals surface area contributed by atoms with Gasteiger partial charge >= 0.3 is 0 Å². The molecule has 0 aliphatic rings. The molecule has 0 aliphatic heterocycles. The molecule has 2 heterocycles. The molecule has 0 saturated heterocycles. The van der Waals surface area contributed by atoms with Gasteiger partial charge in [0.15, 0.2) is 5.82 Å². The second-order valence-electron chi connectivity index (χ2n) is 5.70. The van der Waals surface area contributed by atoms with Crippen LogP contribution in [0.2, 0.25) is 0 Å². The minimum atomic E-state index is 0.733. The van der Waals surface area contributed by atoms with Crippen LogP contribution in [0.1, 0.15) is 17.1 Å². The summed E-state index contributed by atoms with van der Waals surface area (Å²) in [6.45, 7) is 1.89. The summed E-state index contributed by atoms with van der Waals surface area (Å²) in [5.74, 6) is 2.26. The summed E-state index contributed by atoms with van der Waals surface area (Å²) >= 11 is 0. The standard InChI is InChI=1S/C19H17N5/c1-13-20-17-10-6-5-9-16(17)19(21-13)22-18-12-15(23-24-18)11-14-7-3-2-4-8-14/h2-10,12H,11H2,1H3,(H2,20,21,22,23,24). The first kappa shape index (κ1) is 14.4. The fourth-order valence-corrected chi connectivity index (χ4v) is 2.74. The van der Waals surface area contributed by atoms with Crippen molar-refractivity contribution in [2.45, 2.75) is 13.3 Å². The molecule has 5 nitrogen and oxygen atoms in total. The molecule has 0 aliphatic carbocycles. The molecule has 0 bridgehead atoms. The summed E-state index contributed by atoms with van der Waals surface area (Å²) in [5, 5.41) is 11.7. The Labute approximate surface area is 139 Å². The third kappa shape index (κ3) is 2.96. The lowest BCUT2D eigenvalue weighted by Crippen LogP contribution is -1.99. The highest BCUT2D eigenvalue weighted by atomic mass is 15.2. The van der Waals surface area contributed by atoms with Gasteiger partial charge in [0.05, 0.1) is 5.52 Å². The lowest BCUT2D eigenvalue weighted by Gasteiger charge is -2.07. The molecule has 0 fully saturated rings. The van der Waals surface area contributed by atoms with Gasteiger partial charge in [-0.05, 0) is 24.6 Å². The number of benzene rings is 2. The van der Waals surface area contributed by atoms with E-state index in [1.165, 1.54) is 5.56 Å². The van der Waals surface area contributed by atoms with E-state index in [9.17, 15) is 0 Å². The van der Waals surface area contributed by atoms with E-state index in [4.69, 9.17) is 0 Å². The summed E-state index contributed by atoms with van der Waals surface area (Å²) in [4.78, 5) is 8.97. The van der Waals surface area contributed by atoms with E-state index in [2.05, 4.69) is 37.6 Å². The summed E-state index contributed by atoms with van der Waals surface area (Å²) in [7, 11) is 0. The molecule has 2 N–H and O–H groups in total. The number of hydrogen-bond donors (Lipinski definition) is 2. The van der Waals surface area contributed by atoms with Gasteiger partial charge in [-0.1, -0.05) is 42.5 Å². The molecule has 0 unspecified atom stereocenters. The van der Waals surface area contributed by atoms with Gasteiger partial charge in [-0.15, -0.1) is 0 Å². The van der Waals surface area contributed by atoms with Crippen LogP contribution < -0.4 is 5.32 Å². The SMILES string of the molecule is Cc1nc(Nc2cc(Cc3ccccc3)[nH]n2)c2ccccc2n1. The van der Waals surface area contributed by atoms with E-state index in [0.29, 0.717) is 0 Å². The number of aryl methyl sites for hydroxylation is 1. The van der Waals surface area contributed by atoms with Crippen LogP contribution in [0.5, 0.6) is 0 Å². The molecule has 2 aromatic carbocycles. The molecule has 118 valence electrons. The Kier molecular flexibility index (Phi) is 3.67. The molecule has 0 saturated carbocycles. The minimum Gasteiger partial charge on any atom is -0.323 e. The van der Waals surface area contributed by atoms with Crippen LogP contribution in [0.25, 0.3) is 10.9 Å². The van der Waals surface area contributed by atoms with Crippen LogP contribution in [-0.4, -0.2) is 20.2 Å². The third-order valence-electron chi connectivity index (χ3n) is 3.83. The fraction of sp³-hybridized carbons (Fsp3) is 0.105. The second-order valence-corrected chi connectivity index (χ2v) is 5.70. The normalized spacial score (nSPS) is 10.9. The van der Waals surface area contributed by atoms with E-state index in [-0.39, 0.29) is 0 Å². The van der Waals surface area contributed by atoms with Gasteiger partial charge in [-0.3, -0.25) is 5.10 Å². The van der Waals surface area contributed by atoms with Gasteiger partial charge in [0.1, 0.15) is 11.6 Å². The largest absolute Gasteiger partial charge is 0.323 e. The van der Waals surface area contributed by atoms with Crippen molar-refractivity contribution in [3.05, 3.63) is 77.7 Å². The van der Waals surface area contributed by atoms with Crippen molar-refractivity contribution < 1.29 is 0 Å². The number of aromatic nitrogens is 4. The van der Waals surface area contributed by atoms with Gasteiger partial charge in [0.2, 0.25) is 0 Å². The number of anilines is 2. The quantitative estimate of drug-likeness (QED) is 0.597. The number of rotatable bonds is 4. The van der Waals surface area contributed by atoms with Gasteiger partial charge in [-0.25, -0.2) is 9.97 Å². The lowest BCUT2D eigenvalue weighted by molar-refractivity contribution is 0.996. The topological polar surface area (TPSA) is 66.5 Å². The van der Waals surface area contributed by atoms with Crippen molar-refractivity contribution in [3.63, 3.8) is 0 Å². The fourth-order valence-electron chi connectivity index (χ4n) is 2.74. The summed E-state index contributed by atoms with van der Waals surface area (Å²) in [5.41, 5.74) is 3.22. The Morgan fingerprint density at radius 1 is 0.958 bits per heavy atom. The predicted octanol–water partition coefficient (Wildman–Crippen LogP) is 4.00. The van der Waals surface area contributed by atoms with Crippen LogP contribution in [-0.2, 0) is 6.42 Å².